The van der Waals surface area contributed by atoms with Crippen LogP contribution in [0.25, 0.3) is 0 Å². The molecule has 0 radical (unpaired) electrons. The first-order valence-electron chi connectivity index (χ1n) is 7.27. The Morgan fingerprint density at radius 3 is 2.53 bits per heavy atom. The molecule has 17 heavy (non-hydrogen) atoms. The first-order chi connectivity index (χ1) is 7.85. The topological polar surface area (TPSA) is 29.3 Å². The molecule has 1 aliphatic heterocycles. The molecule has 1 heterocycles. The smallest absolute Gasteiger partial charge is 0.00136 e. The Hall–Kier alpha value is -0.0800. The van der Waals surface area contributed by atoms with Gasteiger partial charge >= 0.3 is 0 Å². The van der Waals surface area contributed by atoms with Gasteiger partial charge in [0.1, 0.15) is 0 Å². The highest BCUT2D eigenvalue weighted by molar-refractivity contribution is 4.77. The van der Waals surface area contributed by atoms with E-state index >= 15 is 0 Å². The van der Waals surface area contributed by atoms with Crippen molar-refractivity contribution in [3.8, 4) is 0 Å². The Morgan fingerprint density at radius 2 is 1.88 bits per heavy atom. The molecular weight excluding hydrogens is 208 g/mol. The van der Waals surface area contributed by atoms with E-state index < -0.39 is 0 Å². The summed E-state index contributed by atoms with van der Waals surface area (Å²) in [6.07, 6.45) is 6.66. The van der Waals surface area contributed by atoms with Crippen molar-refractivity contribution in [2.45, 2.75) is 59.8 Å². The molecule has 0 amide bonds. The van der Waals surface area contributed by atoms with Gasteiger partial charge in [-0.2, -0.15) is 0 Å². The summed E-state index contributed by atoms with van der Waals surface area (Å²) in [7, 11) is 0. The zero-order chi connectivity index (χ0) is 12.9. The number of nitrogens with zero attached hydrogens (tertiary/aromatic N) is 1. The van der Waals surface area contributed by atoms with Gasteiger partial charge < -0.3 is 10.6 Å². The van der Waals surface area contributed by atoms with Crippen molar-refractivity contribution in [3.05, 3.63) is 0 Å². The van der Waals surface area contributed by atoms with Gasteiger partial charge in [0, 0.05) is 0 Å². The molecular formula is C15H32N2. The summed E-state index contributed by atoms with van der Waals surface area (Å²) in [5.41, 5.74) is 6.66. The summed E-state index contributed by atoms with van der Waals surface area (Å²) in [5.74, 6) is 0. The van der Waals surface area contributed by atoms with Crippen LogP contribution in [0.3, 0.4) is 0 Å². The molecule has 1 saturated heterocycles. The van der Waals surface area contributed by atoms with E-state index in [9.17, 15) is 0 Å². The summed E-state index contributed by atoms with van der Waals surface area (Å²) in [6.45, 7) is 14.0. The molecule has 1 rings (SSSR count). The molecule has 0 bridgehead atoms. The van der Waals surface area contributed by atoms with Gasteiger partial charge in [0.15, 0.2) is 0 Å². The highest BCUT2D eigenvalue weighted by Crippen LogP contribution is 2.30. The van der Waals surface area contributed by atoms with Gasteiger partial charge in [0.2, 0.25) is 0 Å². The fourth-order valence-electron chi connectivity index (χ4n) is 2.59. The molecule has 0 spiro atoms. The molecule has 1 fully saturated rings. The van der Waals surface area contributed by atoms with E-state index in [1.807, 2.05) is 0 Å². The minimum Gasteiger partial charge on any atom is -0.330 e. The lowest BCUT2D eigenvalue weighted by Crippen LogP contribution is -2.29. The number of hydrogen-bond donors (Lipinski definition) is 1. The van der Waals surface area contributed by atoms with E-state index in [0.29, 0.717) is 10.8 Å². The van der Waals surface area contributed by atoms with Crippen LogP contribution in [0.15, 0.2) is 0 Å². The second-order valence-electron chi connectivity index (χ2n) is 7.33. The third-order valence-corrected chi connectivity index (χ3v) is 4.31. The number of likely N-dealkylation sites (tertiary alicyclic amines) is 1. The van der Waals surface area contributed by atoms with Gasteiger partial charge in [-0.3, -0.25) is 0 Å². The third-order valence-electron chi connectivity index (χ3n) is 4.31. The standard InChI is InChI=1S/C15H32N2/c1-14(2)7-5-10-17(12-9-14)11-6-8-15(3,4)13-16/h5-13,16H2,1-4H3. The van der Waals surface area contributed by atoms with Crippen LogP contribution in [-0.2, 0) is 0 Å². The minimum atomic E-state index is 0.325. The second-order valence-corrected chi connectivity index (χ2v) is 7.33. The van der Waals surface area contributed by atoms with Crippen molar-refractivity contribution in [2.75, 3.05) is 26.2 Å². The minimum absolute atomic E-state index is 0.325. The average molecular weight is 240 g/mol. The fourth-order valence-corrected chi connectivity index (χ4v) is 2.59. The number of rotatable bonds is 5. The van der Waals surface area contributed by atoms with E-state index in [2.05, 4.69) is 32.6 Å². The Bertz CT molecular complexity index is 221. The second kappa shape index (κ2) is 6.19. The van der Waals surface area contributed by atoms with E-state index in [4.69, 9.17) is 5.73 Å². The Morgan fingerprint density at radius 1 is 1.18 bits per heavy atom. The maximum atomic E-state index is 5.77. The molecule has 0 aliphatic carbocycles. The molecule has 0 saturated carbocycles. The van der Waals surface area contributed by atoms with Crippen molar-refractivity contribution in [1.82, 2.24) is 4.90 Å². The molecule has 0 atom stereocenters. The van der Waals surface area contributed by atoms with Crippen molar-refractivity contribution >= 4 is 0 Å². The van der Waals surface area contributed by atoms with Crippen molar-refractivity contribution < 1.29 is 0 Å². The molecule has 2 heteroatoms. The maximum Gasteiger partial charge on any atom is -0.00136 e. The zero-order valence-electron chi connectivity index (χ0n) is 12.4. The number of hydrogen-bond acceptors (Lipinski definition) is 2. The normalized spacial score (nSPS) is 22.4. The third kappa shape index (κ3) is 5.87. The van der Waals surface area contributed by atoms with E-state index in [-0.39, 0.29) is 0 Å². The largest absolute Gasteiger partial charge is 0.330 e. The Balaban J connectivity index is 2.24. The predicted molar refractivity (Wildman–Crippen MR) is 76.1 cm³/mol. The average Bonchev–Trinajstić information content (AvgIpc) is 2.40. The zero-order valence-corrected chi connectivity index (χ0v) is 12.4. The molecule has 2 N–H and O–H groups in total. The monoisotopic (exact) mass is 240 g/mol. The van der Waals surface area contributed by atoms with E-state index in [1.165, 1.54) is 51.7 Å². The first kappa shape index (κ1) is 15.0. The molecule has 2 nitrogen and oxygen atoms in total. The Labute approximate surface area is 108 Å². The SMILES string of the molecule is CC(C)(CN)CCCN1CCCC(C)(C)CC1. The van der Waals surface area contributed by atoms with Crippen molar-refractivity contribution in [1.29, 1.82) is 0 Å². The summed E-state index contributed by atoms with van der Waals surface area (Å²) in [5, 5.41) is 0. The highest BCUT2D eigenvalue weighted by Gasteiger charge is 2.23. The summed E-state index contributed by atoms with van der Waals surface area (Å²) >= 11 is 0. The molecule has 102 valence electrons. The first-order valence-corrected chi connectivity index (χ1v) is 7.27. The van der Waals surface area contributed by atoms with Crippen LogP contribution in [0.5, 0.6) is 0 Å². The van der Waals surface area contributed by atoms with Gasteiger partial charge in [-0.15, -0.1) is 0 Å². The quantitative estimate of drug-likeness (QED) is 0.799. The lowest BCUT2D eigenvalue weighted by atomic mass is 9.85. The predicted octanol–water partition coefficient (Wildman–Crippen LogP) is 3.26. The van der Waals surface area contributed by atoms with Gasteiger partial charge in [-0.25, -0.2) is 0 Å². The van der Waals surface area contributed by atoms with Crippen LogP contribution in [0.2, 0.25) is 0 Å². The van der Waals surface area contributed by atoms with Crippen LogP contribution in [0.4, 0.5) is 0 Å². The fraction of sp³-hybridized carbons (Fsp3) is 1.00. The van der Waals surface area contributed by atoms with Crippen LogP contribution in [0, 0.1) is 10.8 Å². The summed E-state index contributed by atoms with van der Waals surface area (Å²) in [6, 6.07) is 0. The van der Waals surface area contributed by atoms with Crippen LogP contribution in [0.1, 0.15) is 59.8 Å². The van der Waals surface area contributed by atoms with E-state index in [1.54, 1.807) is 0 Å². The van der Waals surface area contributed by atoms with E-state index in [0.717, 1.165) is 6.54 Å². The van der Waals surface area contributed by atoms with Crippen molar-refractivity contribution in [2.24, 2.45) is 16.6 Å². The molecule has 0 aromatic heterocycles. The van der Waals surface area contributed by atoms with Gasteiger partial charge in [0.25, 0.3) is 0 Å². The lowest BCUT2D eigenvalue weighted by molar-refractivity contribution is 0.238. The molecule has 0 unspecified atom stereocenters. The lowest BCUT2D eigenvalue weighted by Gasteiger charge is -2.26. The maximum absolute atomic E-state index is 5.77. The van der Waals surface area contributed by atoms with Crippen LogP contribution < -0.4 is 5.73 Å². The summed E-state index contributed by atoms with van der Waals surface area (Å²) < 4.78 is 0. The van der Waals surface area contributed by atoms with Gasteiger partial charge in [-0.05, 0) is 69.1 Å². The molecule has 0 aromatic carbocycles. The van der Waals surface area contributed by atoms with Crippen molar-refractivity contribution in [3.63, 3.8) is 0 Å². The number of nitrogens with two attached hydrogens (primary N) is 1. The van der Waals surface area contributed by atoms with Gasteiger partial charge in [0.05, 0.1) is 0 Å². The summed E-state index contributed by atoms with van der Waals surface area (Å²) in [4.78, 5) is 2.65. The van der Waals surface area contributed by atoms with Crippen LogP contribution in [-0.4, -0.2) is 31.1 Å². The van der Waals surface area contributed by atoms with Crippen LogP contribution >= 0.6 is 0 Å². The highest BCUT2D eigenvalue weighted by atomic mass is 15.1. The van der Waals surface area contributed by atoms with Gasteiger partial charge in [-0.1, -0.05) is 27.7 Å². The Kier molecular flexibility index (Phi) is 5.46. The molecule has 0 aromatic rings. The molecule has 1 aliphatic rings.